The van der Waals surface area contributed by atoms with Crippen LogP contribution in [-0.4, -0.2) is 108 Å². The number of esters is 1. The number of H-pyrrole nitrogens is 1. The lowest BCUT2D eigenvalue weighted by atomic mass is 10.0. The Morgan fingerprint density at radius 1 is 0.817 bits per heavy atom. The number of fused-ring (bicyclic) bond motifs is 3. The number of hydrogen-bond donors (Lipinski definition) is 6. The fraction of sp³-hybridized carbons (Fsp3) is 0.286. The number of carbonyl (C=O) groups is 4. The number of carbonyl (C=O) groups excluding carboxylic acids is 4. The maximum Gasteiger partial charge on any atom is 0.345 e. The van der Waals surface area contributed by atoms with Crippen molar-refractivity contribution in [2.45, 2.75) is 46.3 Å². The zero-order valence-corrected chi connectivity index (χ0v) is 39.9. The molecule has 7 N–H and O–H groups in total. The molecule has 0 bridgehead atoms. The first-order chi connectivity index (χ1) is 34.1. The van der Waals surface area contributed by atoms with Crippen molar-refractivity contribution in [3.05, 3.63) is 135 Å². The van der Waals surface area contributed by atoms with Gasteiger partial charge in [0.15, 0.2) is 17.7 Å². The number of ether oxygens (including phenoxy) is 3. The van der Waals surface area contributed by atoms with E-state index in [-0.39, 0.29) is 88.0 Å². The Morgan fingerprint density at radius 3 is 2.07 bits per heavy atom. The Kier molecular flexibility index (Phi) is 16.6. The molecule has 3 aromatic heterocycles. The van der Waals surface area contributed by atoms with Crippen LogP contribution in [0.15, 0.2) is 95.9 Å². The van der Waals surface area contributed by atoms with Crippen LogP contribution in [0.1, 0.15) is 61.2 Å². The lowest BCUT2D eigenvalue weighted by Crippen LogP contribution is -2.45. The van der Waals surface area contributed by atoms with Crippen LogP contribution < -0.4 is 41.9 Å². The molecule has 0 saturated carbocycles. The van der Waals surface area contributed by atoms with E-state index in [1.54, 1.807) is 81.4 Å². The third-order valence-corrected chi connectivity index (χ3v) is 11.9. The van der Waals surface area contributed by atoms with Crippen LogP contribution in [0.2, 0.25) is 0 Å². The summed E-state index contributed by atoms with van der Waals surface area (Å²) in [5, 5.41) is 12.6. The fourth-order valence-corrected chi connectivity index (χ4v) is 8.24. The maximum atomic E-state index is 14.0. The molecule has 0 aliphatic carbocycles. The summed E-state index contributed by atoms with van der Waals surface area (Å²) in [6, 6.07) is 23.5. The van der Waals surface area contributed by atoms with Crippen molar-refractivity contribution in [1.82, 2.24) is 35.9 Å². The summed E-state index contributed by atoms with van der Waals surface area (Å²) in [6.45, 7) is 6.88. The molecule has 7 rings (SSSR count). The van der Waals surface area contributed by atoms with Crippen molar-refractivity contribution in [2.24, 2.45) is 0 Å². The number of nitrogens with one attached hydrogen (secondary N) is 5. The van der Waals surface area contributed by atoms with Crippen molar-refractivity contribution >= 4 is 78.4 Å². The highest BCUT2D eigenvalue weighted by atomic mass is 32.2. The van der Waals surface area contributed by atoms with Crippen LogP contribution in [0.25, 0.3) is 33.0 Å². The first-order valence-electron chi connectivity index (χ1n) is 22.5. The second-order valence-electron chi connectivity index (χ2n) is 16.4. The number of benzene rings is 4. The van der Waals surface area contributed by atoms with Gasteiger partial charge in [0.1, 0.15) is 11.8 Å². The lowest BCUT2D eigenvalue weighted by molar-refractivity contribution is -0.645. The average Bonchev–Trinajstić information content (AvgIpc) is 3.34. The Balaban J connectivity index is 0.788. The number of anilines is 2. The van der Waals surface area contributed by atoms with Crippen molar-refractivity contribution < 1.29 is 50.9 Å². The Labute approximate surface area is 407 Å². The molecule has 0 aliphatic rings. The Hall–Kier alpha value is -7.92. The van der Waals surface area contributed by atoms with E-state index < -0.39 is 39.3 Å². The van der Waals surface area contributed by atoms with Crippen LogP contribution in [0.4, 0.5) is 11.6 Å². The monoisotopic (exact) mass is 988 g/mol. The van der Waals surface area contributed by atoms with Gasteiger partial charge in [-0.05, 0) is 80.4 Å². The van der Waals surface area contributed by atoms with Gasteiger partial charge >= 0.3 is 5.97 Å². The molecule has 1 atom stereocenters. The van der Waals surface area contributed by atoms with Gasteiger partial charge in [-0.2, -0.15) is 9.55 Å². The minimum atomic E-state index is -4.40. The molecule has 22 heteroatoms. The van der Waals surface area contributed by atoms with E-state index in [0.29, 0.717) is 66.8 Å². The molecule has 3 amide bonds. The largest absolute Gasteiger partial charge is 0.748 e. The summed E-state index contributed by atoms with van der Waals surface area (Å²) in [7, 11) is -4.40. The van der Waals surface area contributed by atoms with E-state index in [4.69, 9.17) is 19.9 Å². The number of aromatic nitrogens is 5. The molecule has 3 heterocycles. The number of nitrogens with two attached hydrogens (primary N) is 1. The molecular formula is C49H52N10O11S. The zero-order chi connectivity index (χ0) is 50.7. The molecule has 370 valence electrons. The smallest absolute Gasteiger partial charge is 0.345 e. The number of rotatable bonds is 22. The molecule has 0 aliphatic heterocycles. The molecule has 4 aromatic carbocycles. The van der Waals surface area contributed by atoms with E-state index >= 15 is 0 Å². The molecule has 0 radical (unpaired) electrons. The average molecular weight is 989 g/mol. The van der Waals surface area contributed by atoms with Crippen LogP contribution in [0, 0.1) is 13.8 Å². The zero-order valence-electron chi connectivity index (χ0n) is 39.1. The summed E-state index contributed by atoms with van der Waals surface area (Å²) < 4.78 is 53.1. The summed E-state index contributed by atoms with van der Waals surface area (Å²) in [5.41, 5.74) is 9.98. The standard InChI is InChI=1S/C49H52N10O11S/c1-29-25-33(26-30(2)42(29)70-48(64)40-36-9-4-6-11-38(36)59(19-8-24-71(65,66)67)39-12-7-5-10-37(39)40)45(61)52-18-21-69-23-22-68-20-17-51-44(60)31(3)55-46(62)32-13-15-34(16-14-32)53-27-35-28-54-43-41(56-35)47(63)58-49(50)57-43/h4-7,9-16,25-26,28,31H,8,17-24,27H2,1-3H3,(H7-,50,51,52,53,54,55,57,58,60,61,62,63,65,66,67). The quantitative estimate of drug-likeness (QED) is 0.0142. The van der Waals surface area contributed by atoms with Crippen molar-refractivity contribution in [2.75, 3.05) is 56.3 Å². The number of nitrogen functional groups attached to an aromatic ring is 1. The van der Waals surface area contributed by atoms with Gasteiger partial charge in [-0.15, -0.1) is 0 Å². The van der Waals surface area contributed by atoms with Gasteiger partial charge in [0.25, 0.3) is 17.4 Å². The molecule has 1 unspecified atom stereocenters. The first kappa shape index (κ1) is 50.9. The predicted octanol–water partition coefficient (Wildman–Crippen LogP) is 2.97. The minimum absolute atomic E-state index is 0.0483. The van der Waals surface area contributed by atoms with Gasteiger partial charge < -0.3 is 45.8 Å². The summed E-state index contributed by atoms with van der Waals surface area (Å²) in [6.07, 6.45) is 1.58. The van der Waals surface area contributed by atoms with Gasteiger partial charge in [-0.1, -0.05) is 24.3 Å². The van der Waals surface area contributed by atoms with E-state index in [1.165, 1.54) is 6.20 Å². The normalized spacial score (nSPS) is 11.9. The van der Waals surface area contributed by atoms with Crippen LogP contribution in [0.5, 0.6) is 5.75 Å². The summed E-state index contributed by atoms with van der Waals surface area (Å²) in [4.78, 5) is 79.5. The topological polar surface area (TPSA) is 303 Å². The maximum absolute atomic E-state index is 14.0. The number of aromatic amines is 1. The van der Waals surface area contributed by atoms with E-state index in [0.717, 1.165) is 0 Å². The molecular weight excluding hydrogens is 937 g/mol. The second kappa shape index (κ2) is 23.1. The van der Waals surface area contributed by atoms with E-state index in [9.17, 15) is 36.9 Å². The van der Waals surface area contributed by atoms with Crippen LogP contribution in [0.3, 0.4) is 0 Å². The van der Waals surface area contributed by atoms with Crippen LogP contribution in [-0.2, 0) is 37.5 Å². The summed E-state index contributed by atoms with van der Waals surface area (Å²) >= 11 is 0. The Bertz CT molecular complexity index is 3220. The van der Waals surface area contributed by atoms with Crippen molar-refractivity contribution in [3.8, 4) is 5.75 Å². The summed E-state index contributed by atoms with van der Waals surface area (Å²) in [5.74, 6) is -2.02. The lowest BCUT2D eigenvalue weighted by Gasteiger charge is -2.15. The van der Waals surface area contributed by atoms with Gasteiger partial charge in [-0.25, -0.2) is 23.2 Å². The molecule has 0 fully saturated rings. The van der Waals surface area contributed by atoms with E-state index in [1.807, 2.05) is 28.8 Å². The third kappa shape index (κ3) is 13.2. The van der Waals surface area contributed by atoms with Crippen molar-refractivity contribution in [1.29, 1.82) is 0 Å². The van der Waals surface area contributed by atoms with Gasteiger partial charge in [0.05, 0.1) is 71.3 Å². The third-order valence-electron chi connectivity index (χ3n) is 11.1. The number of hydrogen-bond acceptors (Lipinski definition) is 16. The number of para-hydroxylation sites is 2. The second-order valence-corrected chi connectivity index (χ2v) is 17.9. The molecule has 21 nitrogen and oxygen atoms in total. The highest BCUT2D eigenvalue weighted by molar-refractivity contribution is 7.85. The van der Waals surface area contributed by atoms with Gasteiger partial charge in [-0.3, -0.25) is 24.2 Å². The highest BCUT2D eigenvalue weighted by Crippen LogP contribution is 2.30. The molecule has 71 heavy (non-hydrogen) atoms. The number of nitrogens with zero attached hydrogens (tertiary/aromatic N) is 4. The fourth-order valence-electron chi connectivity index (χ4n) is 7.76. The molecule has 0 spiro atoms. The van der Waals surface area contributed by atoms with Gasteiger partial charge in [0, 0.05) is 54.2 Å². The predicted molar refractivity (Wildman–Crippen MR) is 262 cm³/mol. The number of aryl methyl sites for hydroxylation is 3. The highest BCUT2D eigenvalue weighted by Gasteiger charge is 2.26. The van der Waals surface area contributed by atoms with Crippen molar-refractivity contribution in [3.63, 3.8) is 0 Å². The SMILES string of the molecule is Cc1cc(C(=O)NCCOCCOCCNC(=O)C(C)NC(=O)c2ccc(NCc3cnc4nc(N)[nH]c(=O)c4n3)cc2)cc(C)c1OC(=O)c1c2ccccc2[n+](CCCS(=O)(=O)[O-])c2ccccc12. The van der Waals surface area contributed by atoms with E-state index in [2.05, 4.69) is 41.2 Å². The Morgan fingerprint density at radius 2 is 1.44 bits per heavy atom. The van der Waals surface area contributed by atoms with Crippen LogP contribution >= 0.6 is 0 Å². The van der Waals surface area contributed by atoms with Gasteiger partial charge in [0.2, 0.25) is 22.9 Å². The molecule has 0 saturated heterocycles. The number of amides is 3. The first-order valence-corrected chi connectivity index (χ1v) is 24.1. The number of pyridine rings is 1. The minimum Gasteiger partial charge on any atom is -0.748 e. The molecule has 7 aromatic rings.